The van der Waals surface area contributed by atoms with Gasteiger partial charge in [0.15, 0.2) is 6.73 Å². The Balaban J connectivity index is 3.58. The SMILES string of the molecule is C=C(C)C(=O)OCNC(=O)CC#N. The largest absolute Gasteiger partial charge is 0.441 e. The Morgan fingerprint density at radius 3 is 2.69 bits per heavy atom. The van der Waals surface area contributed by atoms with Crippen LogP contribution in [0.25, 0.3) is 0 Å². The molecule has 70 valence electrons. The van der Waals surface area contributed by atoms with Crippen LogP contribution >= 0.6 is 0 Å². The number of rotatable bonds is 4. The Morgan fingerprint density at radius 2 is 2.23 bits per heavy atom. The standard InChI is InChI=1S/C8H10N2O3/c1-6(2)8(12)13-5-10-7(11)3-4-9/h1,3,5H2,2H3,(H,10,11). The van der Waals surface area contributed by atoms with Gasteiger partial charge in [0.05, 0.1) is 6.07 Å². The van der Waals surface area contributed by atoms with Gasteiger partial charge in [-0.3, -0.25) is 4.79 Å². The molecule has 5 heteroatoms. The quantitative estimate of drug-likeness (QED) is 0.379. The molecule has 13 heavy (non-hydrogen) atoms. The van der Waals surface area contributed by atoms with Gasteiger partial charge in [-0.1, -0.05) is 6.58 Å². The number of nitrogens with one attached hydrogen (secondary N) is 1. The minimum atomic E-state index is -0.572. The van der Waals surface area contributed by atoms with Gasteiger partial charge < -0.3 is 10.1 Å². The fourth-order valence-corrected chi connectivity index (χ4v) is 0.440. The van der Waals surface area contributed by atoms with Crippen molar-refractivity contribution in [2.24, 2.45) is 0 Å². The molecule has 0 rings (SSSR count). The Hall–Kier alpha value is -1.83. The predicted octanol–water partition coefficient (Wildman–Crippen LogP) is 0.0931. The number of nitrogens with zero attached hydrogens (tertiary/aromatic N) is 1. The van der Waals surface area contributed by atoms with E-state index in [9.17, 15) is 9.59 Å². The summed E-state index contributed by atoms with van der Waals surface area (Å²) in [6.07, 6.45) is -0.245. The highest BCUT2D eigenvalue weighted by Crippen LogP contribution is 1.90. The Kier molecular flexibility index (Phi) is 4.96. The molecule has 5 nitrogen and oxygen atoms in total. The minimum Gasteiger partial charge on any atom is -0.441 e. The van der Waals surface area contributed by atoms with Crippen LogP contribution < -0.4 is 5.32 Å². The predicted molar refractivity (Wildman–Crippen MR) is 44.1 cm³/mol. The van der Waals surface area contributed by atoms with E-state index in [1.165, 1.54) is 6.92 Å². The summed E-state index contributed by atoms with van der Waals surface area (Å²) >= 11 is 0. The van der Waals surface area contributed by atoms with E-state index in [2.05, 4.69) is 16.6 Å². The van der Waals surface area contributed by atoms with Crippen molar-refractivity contribution in [2.75, 3.05) is 6.73 Å². The first-order valence-corrected chi connectivity index (χ1v) is 3.54. The van der Waals surface area contributed by atoms with Crippen LogP contribution in [0.5, 0.6) is 0 Å². The number of hydrogen-bond donors (Lipinski definition) is 1. The van der Waals surface area contributed by atoms with Crippen molar-refractivity contribution >= 4 is 11.9 Å². The highest BCUT2D eigenvalue weighted by Gasteiger charge is 2.03. The Morgan fingerprint density at radius 1 is 1.62 bits per heavy atom. The number of nitriles is 1. The van der Waals surface area contributed by atoms with Crippen molar-refractivity contribution in [3.8, 4) is 6.07 Å². The highest BCUT2D eigenvalue weighted by atomic mass is 16.5. The molecule has 0 aromatic carbocycles. The van der Waals surface area contributed by atoms with E-state index < -0.39 is 11.9 Å². The molecule has 0 spiro atoms. The second-order valence-electron chi connectivity index (χ2n) is 2.29. The van der Waals surface area contributed by atoms with Crippen molar-refractivity contribution in [2.45, 2.75) is 13.3 Å². The molecular formula is C8H10N2O3. The van der Waals surface area contributed by atoms with E-state index in [0.29, 0.717) is 0 Å². The molecule has 1 amide bonds. The summed E-state index contributed by atoms with van der Waals surface area (Å²) in [5, 5.41) is 10.3. The highest BCUT2D eigenvalue weighted by molar-refractivity contribution is 5.87. The summed E-state index contributed by atoms with van der Waals surface area (Å²) in [7, 11) is 0. The van der Waals surface area contributed by atoms with Gasteiger partial charge in [0, 0.05) is 5.57 Å². The molecule has 1 N–H and O–H groups in total. The molecular weight excluding hydrogens is 172 g/mol. The van der Waals surface area contributed by atoms with Crippen LogP contribution in [0.2, 0.25) is 0 Å². The van der Waals surface area contributed by atoms with Gasteiger partial charge in [-0.25, -0.2) is 4.79 Å². The molecule has 0 saturated carbocycles. The van der Waals surface area contributed by atoms with Gasteiger partial charge in [0.25, 0.3) is 0 Å². The van der Waals surface area contributed by atoms with Crippen LogP contribution in [0.3, 0.4) is 0 Å². The lowest BCUT2D eigenvalue weighted by atomic mass is 10.4. The van der Waals surface area contributed by atoms with Crippen molar-refractivity contribution < 1.29 is 14.3 Å². The van der Waals surface area contributed by atoms with Crippen LogP contribution in [-0.4, -0.2) is 18.6 Å². The summed E-state index contributed by atoms with van der Waals surface area (Å²) in [5.41, 5.74) is 0.259. The van der Waals surface area contributed by atoms with E-state index in [-0.39, 0.29) is 18.7 Å². The van der Waals surface area contributed by atoms with E-state index >= 15 is 0 Å². The zero-order chi connectivity index (χ0) is 10.3. The van der Waals surface area contributed by atoms with Crippen LogP contribution in [-0.2, 0) is 14.3 Å². The summed E-state index contributed by atoms with van der Waals surface area (Å²) in [5.74, 6) is -1.05. The van der Waals surface area contributed by atoms with Gasteiger partial charge >= 0.3 is 5.97 Å². The molecule has 0 unspecified atom stereocenters. The first-order chi connectivity index (χ1) is 6.07. The molecule has 0 saturated heterocycles. The fraction of sp³-hybridized carbons (Fsp3) is 0.375. The minimum absolute atomic E-state index is 0.230. The lowest BCUT2D eigenvalue weighted by Crippen LogP contribution is -2.27. The molecule has 0 atom stereocenters. The Bertz CT molecular complexity index is 265. The van der Waals surface area contributed by atoms with Crippen LogP contribution in [0.15, 0.2) is 12.2 Å². The van der Waals surface area contributed by atoms with Crippen molar-refractivity contribution in [3.63, 3.8) is 0 Å². The molecule has 0 aliphatic heterocycles. The number of carbonyl (C=O) groups is 2. The van der Waals surface area contributed by atoms with Gasteiger partial charge in [-0.15, -0.1) is 0 Å². The summed E-state index contributed by atoms with van der Waals surface area (Å²) in [4.78, 5) is 21.4. The lowest BCUT2D eigenvalue weighted by molar-refractivity contribution is -0.140. The third kappa shape index (κ3) is 5.44. The average Bonchev–Trinajstić information content (AvgIpc) is 2.04. The third-order valence-corrected chi connectivity index (χ3v) is 1.06. The summed E-state index contributed by atoms with van der Waals surface area (Å²) in [6, 6.07) is 1.66. The fourth-order valence-electron chi connectivity index (χ4n) is 0.440. The van der Waals surface area contributed by atoms with Gasteiger partial charge in [-0.05, 0) is 6.92 Å². The van der Waals surface area contributed by atoms with Gasteiger partial charge in [-0.2, -0.15) is 5.26 Å². The first kappa shape index (κ1) is 11.2. The van der Waals surface area contributed by atoms with E-state index in [4.69, 9.17) is 5.26 Å². The van der Waals surface area contributed by atoms with Crippen LogP contribution in [0.1, 0.15) is 13.3 Å². The van der Waals surface area contributed by atoms with Crippen molar-refractivity contribution in [3.05, 3.63) is 12.2 Å². The maximum absolute atomic E-state index is 10.7. The third-order valence-electron chi connectivity index (χ3n) is 1.06. The van der Waals surface area contributed by atoms with Crippen molar-refractivity contribution in [1.82, 2.24) is 5.32 Å². The number of hydrogen-bond acceptors (Lipinski definition) is 4. The molecule has 0 aromatic rings. The van der Waals surface area contributed by atoms with E-state index in [1.54, 1.807) is 6.07 Å². The molecule has 0 heterocycles. The molecule has 0 aliphatic rings. The number of ether oxygens (including phenoxy) is 1. The van der Waals surface area contributed by atoms with Crippen LogP contribution in [0.4, 0.5) is 0 Å². The monoisotopic (exact) mass is 182 g/mol. The smallest absolute Gasteiger partial charge is 0.334 e. The molecule has 0 aliphatic carbocycles. The normalized spacial score (nSPS) is 8.31. The Labute approximate surface area is 76.0 Å². The second-order valence-corrected chi connectivity index (χ2v) is 2.29. The zero-order valence-electron chi connectivity index (χ0n) is 7.29. The molecule has 0 fully saturated rings. The van der Waals surface area contributed by atoms with E-state index in [0.717, 1.165) is 0 Å². The maximum Gasteiger partial charge on any atom is 0.334 e. The van der Waals surface area contributed by atoms with E-state index in [1.807, 2.05) is 0 Å². The second kappa shape index (κ2) is 5.77. The summed E-state index contributed by atoms with van der Waals surface area (Å²) < 4.78 is 4.54. The molecule has 0 radical (unpaired) electrons. The number of esters is 1. The lowest BCUT2D eigenvalue weighted by Gasteiger charge is -2.04. The average molecular weight is 182 g/mol. The van der Waals surface area contributed by atoms with Crippen LogP contribution in [0, 0.1) is 11.3 Å². The zero-order valence-corrected chi connectivity index (χ0v) is 7.29. The van der Waals surface area contributed by atoms with Crippen molar-refractivity contribution in [1.29, 1.82) is 5.26 Å². The number of amides is 1. The van der Waals surface area contributed by atoms with Gasteiger partial charge in [0.1, 0.15) is 6.42 Å². The topological polar surface area (TPSA) is 79.2 Å². The number of carbonyl (C=O) groups excluding carboxylic acids is 2. The molecule has 0 bridgehead atoms. The summed E-state index contributed by atoms with van der Waals surface area (Å²) in [6.45, 7) is 4.62. The first-order valence-electron chi connectivity index (χ1n) is 3.54. The van der Waals surface area contributed by atoms with Gasteiger partial charge in [0.2, 0.25) is 5.91 Å². The maximum atomic E-state index is 10.7. The molecule has 0 aromatic heterocycles.